The average molecular weight is 550 g/mol. The number of ether oxygens (including phenoxy) is 1. The number of carbonyl (C=O) groups excluding carboxylic acids is 1. The van der Waals surface area contributed by atoms with Crippen LogP contribution in [0.2, 0.25) is 0 Å². The molecule has 1 aromatic heterocycles. The molecule has 3 aromatic rings. The van der Waals surface area contributed by atoms with Gasteiger partial charge in [-0.05, 0) is 44.5 Å². The lowest BCUT2D eigenvalue weighted by molar-refractivity contribution is -0.122. The third kappa shape index (κ3) is 7.15. The molecular formula is C24H31IN4O3. The van der Waals surface area contributed by atoms with Crippen molar-refractivity contribution in [1.29, 1.82) is 0 Å². The summed E-state index contributed by atoms with van der Waals surface area (Å²) in [7, 11) is 0. The quantitative estimate of drug-likeness (QED) is 0.212. The number of likely N-dealkylation sites (N-methyl/N-ethyl adjacent to an activating group) is 1. The summed E-state index contributed by atoms with van der Waals surface area (Å²) in [5.41, 5.74) is 3.02. The number of nitrogens with zero attached hydrogens (tertiary/aromatic N) is 1. The monoisotopic (exact) mass is 550 g/mol. The van der Waals surface area contributed by atoms with Crippen LogP contribution in [0.15, 0.2) is 57.9 Å². The number of hydrogen-bond acceptors (Lipinski definition) is 4. The first kappa shape index (κ1) is 25.5. The molecule has 3 N–H and O–H groups in total. The number of benzene rings is 2. The third-order valence-electron chi connectivity index (χ3n) is 4.77. The minimum absolute atomic E-state index is 0. The van der Waals surface area contributed by atoms with Crippen molar-refractivity contribution in [2.24, 2.45) is 4.99 Å². The fourth-order valence-electron chi connectivity index (χ4n) is 3.20. The Morgan fingerprint density at radius 3 is 2.56 bits per heavy atom. The third-order valence-corrected chi connectivity index (χ3v) is 4.77. The van der Waals surface area contributed by atoms with Crippen molar-refractivity contribution >= 4 is 46.8 Å². The molecule has 0 fully saturated rings. The molecule has 0 aliphatic heterocycles. The van der Waals surface area contributed by atoms with Crippen LogP contribution in [-0.4, -0.2) is 31.6 Å². The van der Waals surface area contributed by atoms with Gasteiger partial charge in [0.25, 0.3) is 5.91 Å². The summed E-state index contributed by atoms with van der Waals surface area (Å²) in [6, 6.07) is 15.6. The molecule has 8 heteroatoms. The molecule has 0 saturated carbocycles. The van der Waals surface area contributed by atoms with E-state index in [0.717, 1.165) is 34.4 Å². The van der Waals surface area contributed by atoms with E-state index < -0.39 is 0 Å². The highest BCUT2D eigenvalue weighted by atomic mass is 127. The van der Waals surface area contributed by atoms with Crippen molar-refractivity contribution in [2.45, 2.75) is 33.9 Å². The number of aliphatic imine (C=N–C) groups is 1. The number of halogens is 1. The van der Waals surface area contributed by atoms with Crippen LogP contribution >= 0.6 is 24.0 Å². The van der Waals surface area contributed by atoms with Gasteiger partial charge >= 0.3 is 0 Å². The summed E-state index contributed by atoms with van der Waals surface area (Å²) in [6.45, 7) is 8.34. The van der Waals surface area contributed by atoms with Gasteiger partial charge in [-0.25, -0.2) is 4.99 Å². The van der Waals surface area contributed by atoms with Crippen LogP contribution in [0, 0.1) is 6.92 Å². The van der Waals surface area contributed by atoms with Gasteiger partial charge in [0.1, 0.15) is 17.1 Å². The molecule has 0 aliphatic carbocycles. The summed E-state index contributed by atoms with van der Waals surface area (Å²) < 4.78 is 11.5. The zero-order valence-electron chi connectivity index (χ0n) is 18.7. The molecule has 7 nitrogen and oxygen atoms in total. The second-order valence-electron chi connectivity index (χ2n) is 7.08. The highest BCUT2D eigenvalue weighted by Gasteiger charge is 2.10. The van der Waals surface area contributed by atoms with E-state index in [1.807, 2.05) is 56.3 Å². The van der Waals surface area contributed by atoms with Crippen LogP contribution in [-0.2, 0) is 17.9 Å². The van der Waals surface area contributed by atoms with E-state index in [4.69, 9.17) is 9.15 Å². The van der Waals surface area contributed by atoms with Crippen molar-refractivity contribution in [3.05, 3.63) is 65.4 Å². The molecule has 0 spiro atoms. The van der Waals surface area contributed by atoms with Gasteiger partial charge in [0.2, 0.25) is 0 Å². The van der Waals surface area contributed by atoms with Crippen LogP contribution < -0.4 is 20.7 Å². The van der Waals surface area contributed by atoms with E-state index in [0.29, 0.717) is 31.3 Å². The molecule has 1 amide bonds. The van der Waals surface area contributed by atoms with Crippen LogP contribution in [0.4, 0.5) is 0 Å². The highest BCUT2D eigenvalue weighted by Crippen LogP contribution is 2.24. The smallest absolute Gasteiger partial charge is 0.257 e. The van der Waals surface area contributed by atoms with Gasteiger partial charge in [-0.2, -0.15) is 0 Å². The molecule has 32 heavy (non-hydrogen) atoms. The summed E-state index contributed by atoms with van der Waals surface area (Å²) in [5, 5.41) is 10.4. The zero-order chi connectivity index (χ0) is 22.1. The molecule has 172 valence electrons. The van der Waals surface area contributed by atoms with Gasteiger partial charge < -0.3 is 25.1 Å². The lowest BCUT2D eigenvalue weighted by Gasteiger charge is -2.11. The molecule has 0 radical (unpaired) electrons. The van der Waals surface area contributed by atoms with E-state index in [1.54, 1.807) is 0 Å². The molecule has 0 bridgehead atoms. The lowest BCUT2D eigenvalue weighted by atomic mass is 10.1. The van der Waals surface area contributed by atoms with E-state index in [9.17, 15) is 4.79 Å². The van der Waals surface area contributed by atoms with Gasteiger partial charge in [0.15, 0.2) is 12.6 Å². The number of guanidine groups is 1. The Kier molecular flexibility index (Phi) is 10.3. The Hall–Kier alpha value is -2.75. The number of furan rings is 1. The molecule has 0 unspecified atom stereocenters. The van der Waals surface area contributed by atoms with Gasteiger partial charge in [-0.3, -0.25) is 4.79 Å². The minimum Gasteiger partial charge on any atom is -0.484 e. The molecule has 0 saturated heterocycles. The Balaban J connectivity index is 0.00000363. The topological polar surface area (TPSA) is 87.9 Å². The van der Waals surface area contributed by atoms with Gasteiger partial charge in [-0.1, -0.05) is 30.3 Å². The summed E-state index contributed by atoms with van der Waals surface area (Å²) in [6.07, 6.45) is 0. The second-order valence-corrected chi connectivity index (χ2v) is 7.08. The number of fused-ring (bicyclic) bond motifs is 1. The Morgan fingerprint density at radius 1 is 1.03 bits per heavy atom. The number of hydrogen-bond donors (Lipinski definition) is 3. The van der Waals surface area contributed by atoms with Crippen LogP contribution in [0.5, 0.6) is 5.75 Å². The first-order valence-electron chi connectivity index (χ1n) is 10.6. The molecule has 3 rings (SSSR count). The maximum Gasteiger partial charge on any atom is 0.257 e. The van der Waals surface area contributed by atoms with Crippen molar-refractivity contribution in [1.82, 2.24) is 16.0 Å². The first-order valence-corrected chi connectivity index (χ1v) is 10.6. The molecular weight excluding hydrogens is 519 g/mol. The summed E-state index contributed by atoms with van der Waals surface area (Å²) in [4.78, 5) is 16.2. The zero-order valence-corrected chi connectivity index (χ0v) is 21.1. The SMILES string of the molecule is CCNC(=O)COc1cccc(CN=C(NCC)NCc2oc3ccccc3c2C)c1.I. The largest absolute Gasteiger partial charge is 0.484 e. The van der Waals surface area contributed by atoms with E-state index >= 15 is 0 Å². The number of nitrogens with one attached hydrogen (secondary N) is 3. The lowest BCUT2D eigenvalue weighted by Crippen LogP contribution is -2.36. The highest BCUT2D eigenvalue weighted by molar-refractivity contribution is 14.0. The maximum absolute atomic E-state index is 11.6. The van der Waals surface area contributed by atoms with Crippen LogP contribution in [0.25, 0.3) is 11.0 Å². The number of amides is 1. The number of carbonyl (C=O) groups is 1. The fraction of sp³-hybridized carbons (Fsp3) is 0.333. The van der Waals surface area contributed by atoms with E-state index in [2.05, 4.69) is 33.9 Å². The Bertz CT molecular complexity index is 1050. The van der Waals surface area contributed by atoms with E-state index in [-0.39, 0.29) is 36.5 Å². The van der Waals surface area contributed by atoms with Crippen LogP contribution in [0.3, 0.4) is 0 Å². The first-order chi connectivity index (χ1) is 15.1. The van der Waals surface area contributed by atoms with Gasteiger partial charge in [0.05, 0.1) is 13.1 Å². The molecule has 2 aromatic carbocycles. The average Bonchev–Trinajstić information content (AvgIpc) is 3.10. The molecule has 1 heterocycles. The van der Waals surface area contributed by atoms with Gasteiger partial charge in [-0.15, -0.1) is 24.0 Å². The van der Waals surface area contributed by atoms with Crippen molar-refractivity contribution in [2.75, 3.05) is 19.7 Å². The minimum atomic E-state index is -0.134. The fourth-order valence-corrected chi connectivity index (χ4v) is 3.20. The summed E-state index contributed by atoms with van der Waals surface area (Å²) in [5.74, 6) is 2.11. The van der Waals surface area contributed by atoms with Crippen molar-refractivity contribution in [3.8, 4) is 5.75 Å². The molecule has 0 aliphatic rings. The summed E-state index contributed by atoms with van der Waals surface area (Å²) >= 11 is 0. The molecule has 0 atom stereocenters. The Morgan fingerprint density at radius 2 is 1.81 bits per heavy atom. The predicted molar refractivity (Wildman–Crippen MR) is 139 cm³/mol. The predicted octanol–water partition coefficient (Wildman–Crippen LogP) is 4.13. The van der Waals surface area contributed by atoms with Crippen LogP contribution in [0.1, 0.15) is 30.7 Å². The normalized spacial score (nSPS) is 11.0. The number of rotatable bonds is 9. The van der Waals surface area contributed by atoms with Crippen molar-refractivity contribution in [3.63, 3.8) is 0 Å². The van der Waals surface area contributed by atoms with Crippen molar-refractivity contribution < 1.29 is 13.9 Å². The maximum atomic E-state index is 11.6. The second kappa shape index (κ2) is 12.9. The number of para-hydroxylation sites is 1. The number of aryl methyl sites for hydroxylation is 1. The standard InChI is InChI=1S/C24H30N4O3.HI/c1-4-25-23(29)16-30-19-10-8-9-18(13-19)14-27-24(26-5-2)28-15-22-17(3)20-11-6-7-12-21(20)31-22;/h6-13H,4-5,14-16H2,1-3H3,(H,25,29)(H2,26,27,28);1H. The van der Waals surface area contributed by atoms with E-state index in [1.165, 1.54) is 0 Å². The Labute approximate surface area is 206 Å². The van der Waals surface area contributed by atoms with Gasteiger partial charge in [0, 0.05) is 24.0 Å².